The largest absolute Gasteiger partial charge is 0.508 e. The number of nitrogens with two attached hydrogens (primary N) is 1. The van der Waals surface area contributed by atoms with Crippen molar-refractivity contribution in [2.45, 2.75) is 121 Å². The number of para-hydroxylation sites is 2. The molecule has 7 atom stereocenters. The summed E-state index contributed by atoms with van der Waals surface area (Å²) in [6.45, 7) is 3.47. The zero-order valence-corrected chi connectivity index (χ0v) is 40.4. The summed E-state index contributed by atoms with van der Waals surface area (Å²) in [5.74, 6) is -12.0. The highest BCUT2D eigenvalue weighted by atomic mass is 16.4. The number of phenols is 1. The van der Waals surface area contributed by atoms with E-state index in [1.54, 1.807) is 44.2 Å². The highest BCUT2D eigenvalue weighted by molar-refractivity contribution is 6.07. The van der Waals surface area contributed by atoms with Crippen molar-refractivity contribution in [2.24, 2.45) is 11.7 Å². The maximum Gasteiger partial charge on any atom is 0.305 e. The number of carbonyl (C=O) groups excluding carboxylic acids is 7. The number of hydrogen-bond donors (Lipinski definition) is 12. The van der Waals surface area contributed by atoms with E-state index in [1.807, 2.05) is 6.07 Å². The maximum absolute atomic E-state index is 14.3. The molecule has 4 aromatic rings. The van der Waals surface area contributed by atoms with Crippen molar-refractivity contribution >= 4 is 81.2 Å². The Labute approximate surface area is 418 Å². The van der Waals surface area contributed by atoms with Crippen molar-refractivity contribution in [3.63, 3.8) is 0 Å². The van der Waals surface area contributed by atoms with Crippen LogP contribution < -0.4 is 43.0 Å². The Morgan fingerprint density at radius 3 is 1.64 bits per heavy atom. The van der Waals surface area contributed by atoms with Gasteiger partial charge < -0.3 is 67.8 Å². The second-order valence-electron chi connectivity index (χ2n) is 17.9. The highest BCUT2D eigenvalue weighted by Gasteiger charge is 2.36. The minimum Gasteiger partial charge on any atom is -0.508 e. The molecule has 3 aromatic carbocycles. The van der Waals surface area contributed by atoms with Crippen molar-refractivity contribution in [1.29, 1.82) is 0 Å². The fraction of sp³-hybridized carbons (Fsp3) is 0.440. The molecule has 2 bridgehead atoms. The standard InChI is InChI=1S/C50H62N8O15/c1-3-26(2)42-50(72)57-34(22-27-13-16-30(59)17-14-27)47(69)55-35(23-39(61)62)45(67)52-21-19-29-9-7-11-32-31-10-6-8-28(43(31)73-44(29)32)15-18-38(60)53-36(24-40(63)64)48(70)56-37(25-41(65)66)49(71)54-33(46(68)58-42)12-4-5-20-51/h6-11,13-14,16-17,26,33-37,42,59H,3-5,12,15,18-25,51H2,1-2H3,(H,52,67)(H,53,60)(H,54,71)(H,55,69)(H,56,70)(H,57,72)(H,58,68)(H,61,62)(H,63,64)(H,65,66)/t26-,33-,34-,35-,36-,37-,42-/m0/s1. The number of carboxylic acids is 3. The fourth-order valence-corrected chi connectivity index (χ4v) is 8.31. The van der Waals surface area contributed by atoms with Gasteiger partial charge in [0.25, 0.3) is 0 Å². The Kier molecular flexibility index (Phi) is 20.2. The van der Waals surface area contributed by atoms with Crippen molar-refractivity contribution in [2.75, 3.05) is 13.1 Å². The Balaban J connectivity index is 1.56. The molecule has 0 fully saturated rings. The first-order valence-corrected chi connectivity index (χ1v) is 23.9. The molecule has 0 aliphatic carbocycles. The fourth-order valence-electron chi connectivity index (χ4n) is 8.31. The van der Waals surface area contributed by atoms with Gasteiger partial charge in [0, 0.05) is 30.2 Å². The number of furan rings is 1. The molecule has 2 heterocycles. The van der Waals surface area contributed by atoms with E-state index in [4.69, 9.17) is 10.2 Å². The normalized spacial score (nSPS) is 21.8. The van der Waals surface area contributed by atoms with Crippen molar-refractivity contribution in [3.05, 3.63) is 77.4 Å². The molecule has 392 valence electrons. The number of aliphatic carboxylic acids is 3. The van der Waals surface area contributed by atoms with Gasteiger partial charge in [-0.15, -0.1) is 0 Å². The van der Waals surface area contributed by atoms with E-state index in [-0.39, 0.29) is 63.8 Å². The quantitative estimate of drug-likeness (QED) is 0.0772. The van der Waals surface area contributed by atoms with Gasteiger partial charge in [0.2, 0.25) is 41.4 Å². The zero-order valence-electron chi connectivity index (χ0n) is 40.4. The molecule has 23 nitrogen and oxygen atoms in total. The number of aryl methyl sites for hydroxylation is 1. The number of carbonyl (C=O) groups is 10. The summed E-state index contributed by atoms with van der Waals surface area (Å²) in [5.41, 5.74) is 8.20. The predicted molar refractivity (Wildman–Crippen MR) is 261 cm³/mol. The van der Waals surface area contributed by atoms with Gasteiger partial charge in [0.05, 0.1) is 19.3 Å². The average molecular weight is 1020 g/mol. The molecule has 73 heavy (non-hydrogen) atoms. The second kappa shape index (κ2) is 26.4. The lowest BCUT2D eigenvalue weighted by molar-refractivity contribution is -0.143. The molecule has 0 spiro atoms. The van der Waals surface area contributed by atoms with E-state index in [9.17, 15) is 68.4 Å². The number of phenolic OH excluding ortho intramolecular Hbond substituents is 1. The smallest absolute Gasteiger partial charge is 0.305 e. The molecular formula is C50H62N8O15. The second-order valence-corrected chi connectivity index (χ2v) is 17.9. The summed E-state index contributed by atoms with van der Waals surface area (Å²) in [7, 11) is 0. The number of benzene rings is 3. The van der Waals surface area contributed by atoms with Gasteiger partial charge in [-0.3, -0.25) is 47.9 Å². The summed E-state index contributed by atoms with van der Waals surface area (Å²) in [5, 5.41) is 58.1. The van der Waals surface area contributed by atoms with Crippen LogP contribution in [0.5, 0.6) is 5.75 Å². The summed E-state index contributed by atoms with van der Waals surface area (Å²) in [4.78, 5) is 134. The lowest BCUT2D eigenvalue weighted by Gasteiger charge is -2.29. The Bertz CT molecular complexity index is 2690. The van der Waals surface area contributed by atoms with E-state index in [1.165, 1.54) is 24.3 Å². The van der Waals surface area contributed by atoms with Crippen molar-refractivity contribution in [1.82, 2.24) is 37.2 Å². The number of nitrogens with one attached hydrogen (secondary N) is 7. The molecule has 0 saturated carbocycles. The third kappa shape index (κ3) is 16.0. The molecule has 7 amide bonds. The van der Waals surface area contributed by atoms with Crippen LogP contribution >= 0.6 is 0 Å². The van der Waals surface area contributed by atoms with E-state index in [0.29, 0.717) is 45.0 Å². The number of carboxylic acid groups (broad SMARTS) is 3. The minimum atomic E-state index is -1.91. The summed E-state index contributed by atoms with van der Waals surface area (Å²) >= 11 is 0. The number of hydrogen-bond acceptors (Lipinski definition) is 13. The molecule has 1 aromatic heterocycles. The van der Waals surface area contributed by atoms with E-state index in [0.717, 1.165) is 0 Å². The number of aromatic hydroxyl groups is 1. The number of amides is 7. The topological polar surface area (TPSA) is 375 Å². The van der Waals surface area contributed by atoms with Crippen LogP contribution in [0.15, 0.2) is 65.1 Å². The lowest BCUT2D eigenvalue weighted by atomic mass is 9.96. The molecule has 1 aliphatic rings. The van der Waals surface area contributed by atoms with E-state index < -0.39 is 121 Å². The van der Waals surface area contributed by atoms with Crippen LogP contribution in [-0.4, -0.2) is 129 Å². The third-order valence-electron chi connectivity index (χ3n) is 12.4. The minimum absolute atomic E-state index is 0.0406. The van der Waals surface area contributed by atoms with Gasteiger partial charge in [0.1, 0.15) is 53.2 Å². The monoisotopic (exact) mass is 1010 g/mol. The van der Waals surface area contributed by atoms with Gasteiger partial charge in [-0.2, -0.15) is 0 Å². The molecule has 1 aliphatic heterocycles. The molecule has 5 rings (SSSR count). The molecule has 0 radical (unpaired) electrons. The van der Waals surface area contributed by atoms with Crippen LogP contribution in [0, 0.1) is 5.92 Å². The van der Waals surface area contributed by atoms with Crippen LogP contribution in [0.1, 0.15) is 81.9 Å². The lowest BCUT2D eigenvalue weighted by Crippen LogP contribution is -2.61. The summed E-state index contributed by atoms with van der Waals surface area (Å²) < 4.78 is 6.36. The summed E-state index contributed by atoms with van der Waals surface area (Å²) in [6, 6.07) is 6.49. The number of fused-ring (bicyclic) bond motifs is 1. The van der Waals surface area contributed by atoms with Gasteiger partial charge in [0.15, 0.2) is 0 Å². The average Bonchev–Trinajstić information content (AvgIpc) is 3.73. The van der Waals surface area contributed by atoms with Gasteiger partial charge in [-0.05, 0) is 73.4 Å². The van der Waals surface area contributed by atoms with Crippen LogP contribution in [0.2, 0.25) is 0 Å². The van der Waals surface area contributed by atoms with E-state index >= 15 is 0 Å². The molecule has 13 N–H and O–H groups in total. The first kappa shape index (κ1) is 55.8. The molecule has 0 unspecified atom stereocenters. The molecule has 0 saturated heterocycles. The van der Waals surface area contributed by atoms with Gasteiger partial charge in [-0.25, -0.2) is 0 Å². The zero-order chi connectivity index (χ0) is 53.4. The predicted octanol–water partition coefficient (Wildman–Crippen LogP) is 0.647. The Hall–Kier alpha value is -8.08. The first-order chi connectivity index (χ1) is 34.8. The van der Waals surface area contributed by atoms with Crippen molar-refractivity contribution in [3.8, 4) is 5.75 Å². The maximum atomic E-state index is 14.3. The highest BCUT2D eigenvalue weighted by Crippen LogP contribution is 2.33. The first-order valence-electron chi connectivity index (χ1n) is 23.9. The summed E-state index contributed by atoms with van der Waals surface area (Å²) in [6.07, 6.45) is -2.37. The number of unbranched alkanes of at least 4 members (excludes halogenated alkanes) is 1. The SMILES string of the molecule is CC[C@H](C)[C@@H]1NC(=O)[C@H](CCCCN)NC(=O)[C@H](CC(=O)O)NC(=O)[C@H](CC(=O)O)NC(=O)CCc2cccc3c2oc2c(cccc23)CCNC(=O)[C@H](CC(=O)O)NC(=O)[C@H](Cc2ccc(O)cc2)NC1=O. The van der Waals surface area contributed by atoms with Crippen LogP contribution in [-0.2, 0) is 67.2 Å². The van der Waals surface area contributed by atoms with Crippen LogP contribution in [0.4, 0.5) is 0 Å². The van der Waals surface area contributed by atoms with Gasteiger partial charge >= 0.3 is 17.9 Å². The van der Waals surface area contributed by atoms with Gasteiger partial charge in [-0.1, -0.05) is 68.8 Å². The molecule has 23 heteroatoms. The van der Waals surface area contributed by atoms with E-state index in [2.05, 4.69) is 37.2 Å². The Morgan fingerprint density at radius 1 is 0.603 bits per heavy atom. The number of rotatable bonds is 14. The van der Waals surface area contributed by atoms with Crippen LogP contribution in [0.3, 0.4) is 0 Å². The molecular weight excluding hydrogens is 953 g/mol. The van der Waals surface area contributed by atoms with Crippen LogP contribution in [0.25, 0.3) is 21.9 Å². The van der Waals surface area contributed by atoms with Crippen molar-refractivity contribution < 1.29 is 72.8 Å². The Morgan fingerprint density at radius 2 is 1.10 bits per heavy atom. The third-order valence-corrected chi connectivity index (χ3v) is 12.4.